The summed E-state index contributed by atoms with van der Waals surface area (Å²) < 4.78 is 0. The number of aliphatic hydroxyl groups is 1. The van der Waals surface area contributed by atoms with Crippen molar-refractivity contribution in [2.75, 3.05) is 6.54 Å². The van der Waals surface area contributed by atoms with Crippen molar-refractivity contribution in [2.45, 2.75) is 32.4 Å². The number of para-hydroxylation sites is 1. The van der Waals surface area contributed by atoms with E-state index < -0.39 is 0 Å². The third-order valence-electron chi connectivity index (χ3n) is 3.26. The standard InChI is InChI=1S/C14H20N2O/c1-10(11(2)17)15-8-7-12-9-16-14-6-4-3-5-13(12)14/h3-6,9-11,15-17H,7-8H2,1-2H3. The summed E-state index contributed by atoms with van der Waals surface area (Å²) in [5.74, 6) is 0. The Morgan fingerprint density at radius 3 is 2.82 bits per heavy atom. The van der Waals surface area contributed by atoms with E-state index in [2.05, 4.69) is 34.7 Å². The van der Waals surface area contributed by atoms with E-state index in [1.54, 1.807) is 0 Å². The van der Waals surface area contributed by atoms with Gasteiger partial charge in [0.05, 0.1) is 6.10 Å². The molecule has 0 saturated heterocycles. The number of aromatic amines is 1. The lowest BCUT2D eigenvalue weighted by atomic mass is 10.1. The molecule has 3 N–H and O–H groups in total. The van der Waals surface area contributed by atoms with Crippen LogP contribution in [0.25, 0.3) is 10.9 Å². The Hall–Kier alpha value is -1.32. The van der Waals surface area contributed by atoms with Gasteiger partial charge in [0, 0.05) is 23.1 Å². The number of nitrogens with one attached hydrogen (secondary N) is 2. The molecule has 3 heteroatoms. The molecular weight excluding hydrogens is 212 g/mol. The summed E-state index contributed by atoms with van der Waals surface area (Å²) in [6.45, 7) is 4.69. The molecule has 0 fully saturated rings. The van der Waals surface area contributed by atoms with Crippen LogP contribution in [0.3, 0.4) is 0 Å². The van der Waals surface area contributed by atoms with Gasteiger partial charge in [0.2, 0.25) is 0 Å². The van der Waals surface area contributed by atoms with Crippen LogP contribution in [0.5, 0.6) is 0 Å². The van der Waals surface area contributed by atoms with Crippen LogP contribution in [0, 0.1) is 0 Å². The van der Waals surface area contributed by atoms with E-state index in [4.69, 9.17) is 0 Å². The van der Waals surface area contributed by atoms with Gasteiger partial charge in [-0.25, -0.2) is 0 Å². The summed E-state index contributed by atoms with van der Waals surface area (Å²) in [4.78, 5) is 3.27. The Morgan fingerprint density at radius 2 is 2.06 bits per heavy atom. The van der Waals surface area contributed by atoms with Crippen molar-refractivity contribution < 1.29 is 5.11 Å². The van der Waals surface area contributed by atoms with Gasteiger partial charge >= 0.3 is 0 Å². The highest BCUT2D eigenvalue weighted by atomic mass is 16.3. The minimum absolute atomic E-state index is 0.139. The lowest BCUT2D eigenvalue weighted by Crippen LogP contribution is -2.36. The van der Waals surface area contributed by atoms with Gasteiger partial charge < -0.3 is 15.4 Å². The lowest BCUT2D eigenvalue weighted by molar-refractivity contribution is 0.153. The quantitative estimate of drug-likeness (QED) is 0.739. The summed E-state index contributed by atoms with van der Waals surface area (Å²) in [6, 6.07) is 8.46. The molecule has 92 valence electrons. The Morgan fingerprint density at radius 1 is 1.29 bits per heavy atom. The molecule has 3 nitrogen and oxygen atoms in total. The zero-order chi connectivity index (χ0) is 12.3. The maximum Gasteiger partial charge on any atom is 0.0662 e. The number of aromatic nitrogens is 1. The fourth-order valence-electron chi connectivity index (χ4n) is 1.94. The van der Waals surface area contributed by atoms with E-state index in [-0.39, 0.29) is 12.1 Å². The number of hydrogen-bond acceptors (Lipinski definition) is 2. The second kappa shape index (κ2) is 5.34. The second-order valence-corrected chi connectivity index (χ2v) is 4.59. The predicted octanol–water partition coefficient (Wildman–Crippen LogP) is 2.07. The highest BCUT2D eigenvalue weighted by Gasteiger charge is 2.08. The van der Waals surface area contributed by atoms with Crippen LogP contribution in [0.15, 0.2) is 30.5 Å². The topological polar surface area (TPSA) is 48.0 Å². The molecule has 2 rings (SSSR count). The van der Waals surface area contributed by atoms with Gasteiger partial charge in [-0.2, -0.15) is 0 Å². The smallest absolute Gasteiger partial charge is 0.0662 e. The van der Waals surface area contributed by atoms with Gasteiger partial charge in [-0.15, -0.1) is 0 Å². The number of rotatable bonds is 5. The molecule has 1 aromatic carbocycles. The largest absolute Gasteiger partial charge is 0.392 e. The first-order valence-corrected chi connectivity index (χ1v) is 6.15. The summed E-state index contributed by atoms with van der Waals surface area (Å²) in [5.41, 5.74) is 2.51. The van der Waals surface area contributed by atoms with E-state index >= 15 is 0 Å². The van der Waals surface area contributed by atoms with Gasteiger partial charge in [-0.3, -0.25) is 0 Å². The van der Waals surface area contributed by atoms with Gasteiger partial charge in [0.25, 0.3) is 0 Å². The number of fused-ring (bicyclic) bond motifs is 1. The van der Waals surface area contributed by atoms with Gasteiger partial charge in [-0.1, -0.05) is 18.2 Å². The molecule has 0 aliphatic rings. The van der Waals surface area contributed by atoms with Crippen LogP contribution in [-0.4, -0.2) is 28.8 Å². The fourth-order valence-corrected chi connectivity index (χ4v) is 1.94. The summed E-state index contributed by atoms with van der Waals surface area (Å²) in [6.07, 6.45) is 2.73. The van der Waals surface area contributed by atoms with Crippen molar-refractivity contribution in [1.29, 1.82) is 0 Å². The molecule has 0 radical (unpaired) electrons. The first-order valence-electron chi connectivity index (χ1n) is 6.15. The lowest BCUT2D eigenvalue weighted by Gasteiger charge is -2.16. The molecule has 2 atom stereocenters. The van der Waals surface area contributed by atoms with Gasteiger partial charge in [0.15, 0.2) is 0 Å². The molecule has 0 bridgehead atoms. The van der Waals surface area contributed by atoms with E-state index in [1.165, 1.54) is 16.5 Å². The molecule has 0 aliphatic heterocycles. The van der Waals surface area contributed by atoms with E-state index in [9.17, 15) is 5.11 Å². The van der Waals surface area contributed by atoms with Crippen molar-refractivity contribution in [2.24, 2.45) is 0 Å². The van der Waals surface area contributed by atoms with Crippen molar-refractivity contribution in [1.82, 2.24) is 10.3 Å². The second-order valence-electron chi connectivity index (χ2n) is 4.59. The van der Waals surface area contributed by atoms with E-state index in [0.717, 1.165) is 13.0 Å². The highest BCUT2D eigenvalue weighted by molar-refractivity contribution is 5.83. The maximum atomic E-state index is 9.38. The molecule has 2 aromatic rings. The first kappa shape index (κ1) is 12.1. The Kier molecular flexibility index (Phi) is 3.82. The van der Waals surface area contributed by atoms with Crippen LogP contribution in [0.1, 0.15) is 19.4 Å². The van der Waals surface area contributed by atoms with Gasteiger partial charge in [-0.05, 0) is 38.4 Å². The number of hydrogen-bond donors (Lipinski definition) is 3. The molecule has 1 heterocycles. The maximum absolute atomic E-state index is 9.38. The normalized spacial score (nSPS) is 15.0. The van der Waals surface area contributed by atoms with Crippen LogP contribution < -0.4 is 5.32 Å². The summed E-state index contributed by atoms with van der Waals surface area (Å²) in [7, 11) is 0. The minimum Gasteiger partial charge on any atom is -0.392 e. The fraction of sp³-hybridized carbons (Fsp3) is 0.429. The van der Waals surface area contributed by atoms with Crippen molar-refractivity contribution >= 4 is 10.9 Å². The van der Waals surface area contributed by atoms with Crippen LogP contribution in [0.2, 0.25) is 0 Å². The number of H-pyrrole nitrogens is 1. The molecule has 0 aliphatic carbocycles. The van der Waals surface area contributed by atoms with Crippen LogP contribution in [0.4, 0.5) is 0 Å². The third kappa shape index (κ3) is 2.87. The highest BCUT2D eigenvalue weighted by Crippen LogP contribution is 2.17. The molecule has 0 saturated carbocycles. The third-order valence-corrected chi connectivity index (χ3v) is 3.26. The van der Waals surface area contributed by atoms with E-state index in [1.807, 2.05) is 19.9 Å². The van der Waals surface area contributed by atoms with Crippen LogP contribution in [-0.2, 0) is 6.42 Å². The monoisotopic (exact) mass is 232 g/mol. The van der Waals surface area contributed by atoms with Crippen molar-refractivity contribution in [3.8, 4) is 0 Å². The Labute approximate surface area is 102 Å². The zero-order valence-corrected chi connectivity index (χ0v) is 10.4. The van der Waals surface area contributed by atoms with Crippen molar-refractivity contribution in [3.05, 3.63) is 36.0 Å². The van der Waals surface area contributed by atoms with Gasteiger partial charge in [0.1, 0.15) is 0 Å². The van der Waals surface area contributed by atoms with Crippen LogP contribution >= 0.6 is 0 Å². The Balaban J connectivity index is 1.95. The molecule has 2 unspecified atom stereocenters. The Bertz CT molecular complexity index is 476. The van der Waals surface area contributed by atoms with E-state index in [0.29, 0.717) is 0 Å². The summed E-state index contributed by atoms with van der Waals surface area (Å²) in [5, 5.41) is 14.0. The first-order chi connectivity index (χ1) is 8.18. The van der Waals surface area contributed by atoms with Crippen molar-refractivity contribution in [3.63, 3.8) is 0 Å². The molecular formula is C14H20N2O. The number of aliphatic hydroxyl groups excluding tert-OH is 1. The SMILES string of the molecule is CC(O)C(C)NCCc1c[nH]c2ccccc12. The average Bonchev–Trinajstić information content (AvgIpc) is 2.72. The molecule has 1 aromatic heterocycles. The minimum atomic E-state index is -0.307. The average molecular weight is 232 g/mol. The molecule has 17 heavy (non-hydrogen) atoms. The molecule has 0 spiro atoms. The molecule has 0 amide bonds. The summed E-state index contributed by atoms with van der Waals surface area (Å²) >= 11 is 0. The predicted molar refractivity (Wildman–Crippen MR) is 71.1 cm³/mol. The number of benzene rings is 1. The zero-order valence-electron chi connectivity index (χ0n) is 10.4.